The van der Waals surface area contributed by atoms with Crippen LogP contribution < -0.4 is 5.32 Å². The molecule has 2 heterocycles. The first kappa shape index (κ1) is 23.8. The smallest absolute Gasteiger partial charge is 0.253 e. The molecule has 4 aromatic rings. The third-order valence-electron chi connectivity index (χ3n) is 7.32. The van der Waals surface area contributed by atoms with E-state index >= 15 is 0 Å². The summed E-state index contributed by atoms with van der Waals surface area (Å²) in [6.45, 7) is 5.89. The summed E-state index contributed by atoms with van der Waals surface area (Å²) in [6, 6.07) is 23.3. The van der Waals surface area contributed by atoms with E-state index in [1.165, 1.54) is 5.56 Å². The minimum Gasteiger partial charge on any atom is -0.436 e. The lowest BCUT2D eigenvalue weighted by molar-refractivity contribution is -0.126. The van der Waals surface area contributed by atoms with Gasteiger partial charge in [0, 0.05) is 36.7 Å². The van der Waals surface area contributed by atoms with Crippen LogP contribution in [-0.4, -0.2) is 34.8 Å². The second kappa shape index (κ2) is 10.4. The van der Waals surface area contributed by atoms with Gasteiger partial charge in [0.2, 0.25) is 11.8 Å². The fraction of sp³-hybridized carbons (Fsp3) is 0.300. The number of carbonyl (C=O) groups excluding carboxylic acids is 2. The van der Waals surface area contributed by atoms with E-state index in [0.29, 0.717) is 42.2 Å². The van der Waals surface area contributed by atoms with Gasteiger partial charge < -0.3 is 14.6 Å². The molecule has 0 aliphatic carbocycles. The molecule has 0 radical (unpaired) electrons. The molecular formula is C30H31N3O3. The highest BCUT2D eigenvalue weighted by Crippen LogP contribution is 2.28. The molecule has 0 bridgehead atoms. The van der Waals surface area contributed by atoms with Crippen molar-refractivity contribution in [2.75, 3.05) is 13.1 Å². The maximum atomic E-state index is 13.2. The van der Waals surface area contributed by atoms with Gasteiger partial charge in [-0.3, -0.25) is 9.59 Å². The Balaban J connectivity index is 1.18. The average molecular weight is 482 g/mol. The van der Waals surface area contributed by atoms with Crippen LogP contribution in [0.25, 0.3) is 22.6 Å². The Labute approximate surface area is 211 Å². The van der Waals surface area contributed by atoms with Crippen LogP contribution in [0.15, 0.2) is 77.2 Å². The molecule has 3 aromatic carbocycles. The highest BCUT2D eigenvalue weighted by Gasteiger charge is 2.30. The number of aromatic nitrogens is 1. The Morgan fingerprint density at radius 3 is 2.50 bits per heavy atom. The molecule has 6 nitrogen and oxygen atoms in total. The predicted molar refractivity (Wildman–Crippen MR) is 140 cm³/mol. The zero-order chi connectivity index (χ0) is 25.1. The number of aryl methyl sites for hydroxylation is 1. The molecule has 0 spiro atoms. The fourth-order valence-corrected chi connectivity index (χ4v) is 4.92. The van der Waals surface area contributed by atoms with E-state index in [4.69, 9.17) is 4.42 Å². The number of hydrogen-bond acceptors (Lipinski definition) is 4. The van der Waals surface area contributed by atoms with Gasteiger partial charge in [-0.2, -0.15) is 0 Å². The number of nitrogens with zero attached hydrogens (tertiary/aromatic N) is 2. The molecular weight excluding hydrogens is 450 g/mol. The van der Waals surface area contributed by atoms with Gasteiger partial charge in [0.1, 0.15) is 5.52 Å². The summed E-state index contributed by atoms with van der Waals surface area (Å²) < 4.78 is 5.88. The van der Waals surface area contributed by atoms with Gasteiger partial charge in [-0.1, -0.05) is 49.4 Å². The van der Waals surface area contributed by atoms with Crippen molar-refractivity contribution in [1.82, 2.24) is 15.2 Å². The Morgan fingerprint density at radius 1 is 1.03 bits per heavy atom. The first-order valence-corrected chi connectivity index (χ1v) is 12.6. The number of nitrogens with one attached hydrogen (secondary N) is 1. The zero-order valence-corrected chi connectivity index (χ0v) is 20.7. The lowest BCUT2D eigenvalue weighted by Crippen LogP contribution is -2.42. The van der Waals surface area contributed by atoms with E-state index in [-0.39, 0.29) is 23.7 Å². The Morgan fingerprint density at radius 2 is 1.75 bits per heavy atom. The lowest BCUT2D eigenvalue weighted by atomic mass is 9.84. The maximum absolute atomic E-state index is 13.2. The fourth-order valence-electron chi connectivity index (χ4n) is 4.92. The van der Waals surface area contributed by atoms with Crippen LogP contribution in [0, 0.1) is 18.8 Å². The van der Waals surface area contributed by atoms with Crippen molar-refractivity contribution < 1.29 is 14.0 Å². The van der Waals surface area contributed by atoms with E-state index in [2.05, 4.69) is 23.3 Å². The summed E-state index contributed by atoms with van der Waals surface area (Å²) >= 11 is 0. The van der Waals surface area contributed by atoms with Gasteiger partial charge in [0.25, 0.3) is 5.91 Å². The SMILES string of the molecule is Cc1ccccc1CNC(=O)[C@@H](C)C1CCN(C(=O)c2ccc3oc(-c4ccccc4)nc3c2)CC1. The molecule has 0 unspecified atom stereocenters. The van der Waals surface area contributed by atoms with Crippen molar-refractivity contribution in [3.05, 3.63) is 89.5 Å². The van der Waals surface area contributed by atoms with Crippen molar-refractivity contribution in [2.45, 2.75) is 33.2 Å². The third kappa shape index (κ3) is 5.03. The topological polar surface area (TPSA) is 75.4 Å². The first-order chi connectivity index (χ1) is 17.5. The van der Waals surface area contributed by atoms with Gasteiger partial charge in [0.15, 0.2) is 5.58 Å². The molecule has 1 aliphatic rings. The minimum atomic E-state index is -0.0887. The number of amides is 2. The van der Waals surface area contributed by atoms with Gasteiger partial charge in [-0.05, 0) is 67.1 Å². The molecule has 5 rings (SSSR count). The largest absolute Gasteiger partial charge is 0.436 e. The van der Waals surface area contributed by atoms with Crippen molar-refractivity contribution in [1.29, 1.82) is 0 Å². The summed E-state index contributed by atoms with van der Waals surface area (Å²) in [5, 5.41) is 3.09. The summed E-state index contributed by atoms with van der Waals surface area (Å²) in [5.41, 5.74) is 5.16. The number of hydrogen-bond donors (Lipinski definition) is 1. The number of fused-ring (bicyclic) bond motifs is 1. The second-order valence-corrected chi connectivity index (χ2v) is 9.63. The number of carbonyl (C=O) groups is 2. The van der Waals surface area contributed by atoms with Crippen LogP contribution in [0.4, 0.5) is 0 Å². The van der Waals surface area contributed by atoms with Crippen LogP contribution >= 0.6 is 0 Å². The van der Waals surface area contributed by atoms with Crippen LogP contribution in [0.1, 0.15) is 41.3 Å². The molecule has 6 heteroatoms. The van der Waals surface area contributed by atoms with Gasteiger partial charge in [0.05, 0.1) is 0 Å². The summed E-state index contributed by atoms with van der Waals surface area (Å²) in [5.74, 6) is 0.794. The van der Waals surface area contributed by atoms with Crippen LogP contribution in [0.5, 0.6) is 0 Å². The van der Waals surface area contributed by atoms with Crippen molar-refractivity contribution in [2.24, 2.45) is 11.8 Å². The molecule has 1 saturated heterocycles. The number of likely N-dealkylation sites (tertiary alicyclic amines) is 1. The number of oxazole rings is 1. The number of rotatable bonds is 6. The molecule has 36 heavy (non-hydrogen) atoms. The van der Waals surface area contributed by atoms with Crippen LogP contribution in [0.3, 0.4) is 0 Å². The van der Waals surface area contributed by atoms with Crippen molar-refractivity contribution >= 4 is 22.9 Å². The summed E-state index contributed by atoms with van der Waals surface area (Å²) in [4.78, 5) is 32.5. The highest BCUT2D eigenvalue weighted by molar-refractivity contribution is 5.97. The van der Waals surface area contributed by atoms with Crippen LogP contribution in [-0.2, 0) is 11.3 Å². The molecule has 1 aromatic heterocycles. The zero-order valence-electron chi connectivity index (χ0n) is 20.7. The molecule has 2 amide bonds. The maximum Gasteiger partial charge on any atom is 0.253 e. The molecule has 1 aliphatic heterocycles. The molecule has 1 N–H and O–H groups in total. The van der Waals surface area contributed by atoms with Crippen molar-refractivity contribution in [3.8, 4) is 11.5 Å². The second-order valence-electron chi connectivity index (χ2n) is 9.63. The van der Waals surface area contributed by atoms with Gasteiger partial charge in [-0.15, -0.1) is 0 Å². The molecule has 0 saturated carbocycles. The summed E-state index contributed by atoms with van der Waals surface area (Å²) in [7, 11) is 0. The van der Waals surface area contributed by atoms with E-state index < -0.39 is 0 Å². The number of benzene rings is 3. The first-order valence-electron chi connectivity index (χ1n) is 12.6. The summed E-state index contributed by atoms with van der Waals surface area (Å²) in [6.07, 6.45) is 1.63. The predicted octanol–water partition coefficient (Wildman–Crippen LogP) is 5.61. The average Bonchev–Trinajstić information content (AvgIpc) is 3.36. The lowest BCUT2D eigenvalue weighted by Gasteiger charge is -2.34. The Kier molecular flexibility index (Phi) is 6.85. The third-order valence-corrected chi connectivity index (χ3v) is 7.32. The Bertz CT molecular complexity index is 1370. The van der Waals surface area contributed by atoms with E-state index in [9.17, 15) is 9.59 Å². The highest BCUT2D eigenvalue weighted by atomic mass is 16.3. The number of piperidine rings is 1. The van der Waals surface area contributed by atoms with E-state index in [0.717, 1.165) is 24.0 Å². The minimum absolute atomic E-state index is 0.00346. The molecule has 1 atom stereocenters. The van der Waals surface area contributed by atoms with Crippen LogP contribution in [0.2, 0.25) is 0 Å². The van der Waals surface area contributed by atoms with E-state index in [1.54, 1.807) is 12.1 Å². The molecule has 1 fully saturated rings. The Hall–Kier alpha value is -3.93. The normalized spacial score (nSPS) is 15.1. The van der Waals surface area contributed by atoms with E-state index in [1.807, 2.05) is 66.4 Å². The van der Waals surface area contributed by atoms with Gasteiger partial charge >= 0.3 is 0 Å². The standard InChI is InChI=1S/C30H31N3O3/c1-20-8-6-7-11-25(20)19-31-28(34)21(2)22-14-16-33(17-15-22)30(35)24-12-13-27-26(18-24)32-29(36-27)23-9-4-3-5-10-23/h3-13,18,21-22H,14-17,19H2,1-2H3,(H,31,34)/t21-/m0/s1. The monoisotopic (exact) mass is 481 g/mol. The molecule has 184 valence electrons. The quantitative estimate of drug-likeness (QED) is 0.389. The van der Waals surface area contributed by atoms with Gasteiger partial charge in [-0.25, -0.2) is 4.98 Å². The van der Waals surface area contributed by atoms with Crippen molar-refractivity contribution in [3.63, 3.8) is 0 Å².